The summed E-state index contributed by atoms with van der Waals surface area (Å²) in [6.45, 7) is 5.82. The number of carbonyl (C=O) groups excluding carboxylic acids is 1. The maximum absolute atomic E-state index is 14.1. The van der Waals surface area contributed by atoms with Crippen molar-refractivity contribution in [1.29, 1.82) is 0 Å². The molecule has 4 aromatic rings. The normalized spacial score (nSPS) is 18.0. The minimum atomic E-state index is -4.51. The number of rotatable bonds is 7. The average molecular weight is 609 g/mol. The van der Waals surface area contributed by atoms with Crippen molar-refractivity contribution in [1.82, 2.24) is 29.7 Å². The molecule has 0 aliphatic carbocycles. The fourth-order valence-corrected chi connectivity index (χ4v) is 6.03. The molecule has 1 atom stereocenters. The summed E-state index contributed by atoms with van der Waals surface area (Å²) in [5.41, 5.74) is 2.78. The van der Waals surface area contributed by atoms with Crippen LogP contribution in [0.1, 0.15) is 46.5 Å². The molecule has 0 radical (unpaired) electrons. The van der Waals surface area contributed by atoms with Crippen molar-refractivity contribution in [3.63, 3.8) is 0 Å². The van der Waals surface area contributed by atoms with Gasteiger partial charge in [0.1, 0.15) is 17.1 Å². The average Bonchev–Trinajstić information content (AvgIpc) is 3.43. The monoisotopic (exact) mass is 608 g/mol. The van der Waals surface area contributed by atoms with Crippen LogP contribution in [0.2, 0.25) is 0 Å². The number of pyridine rings is 2. The Morgan fingerprint density at radius 1 is 1.11 bits per heavy atom. The lowest BCUT2D eigenvalue weighted by Crippen LogP contribution is -2.44. The third-order valence-corrected chi connectivity index (χ3v) is 8.42. The van der Waals surface area contributed by atoms with Crippen LogP contribution >= 0.6 is 0 Å². The summed E-state index contributed by atoms with van der Waals surface area (Å²) in [5, 5.41) is 10.2. The Morgan fingerprint density at radius 3 is 2.66 bits per heavy atom. The number of piperazine rings is 1. The molecule has 44 heavy (non-hydrogen) atoms. The third-order valence-electron chi connectivity index (χ3n) is 8.42. The molecule has 9 nitrogen and oxygen atoms in total. The van der Waals surface area contributed by atoms with E-state index in [4.69, 9.17) is 4.74 Å². The molecule has 232 valence electrons. The molecule has 1 saturated heterocycles. The number of likely N-dealkylation sites (N-methyl/N-ethyl adjacent to an activating group) is 1. The summed E-state index contributed by atoms with van der Waals surface area (Å²) in [6.07, 6.45) is -1.39. The lowest BCUT2D eigenvalue weighted by molar-refractivity contribution is -0.138. The second kappa shape index (κ2) is 12.2. The van der Waals surface area contributed by atoms with E-state index in [0.29, 0.717) is 53.4 Å². The number of aromatic nitrogens is 3. The highest BCUT2D eigenvalue weighted by atomic mass is 19.4. The molecule has 2 aliphatic rings. The van der Waals surface area contributed by atoms with E-state index in [2.05, 4.69) is 19.9 Å². The smallest absolute Gasteiger partial charge is 0.416 e. The van der Waals surface area contributed by atoms with E-state index in [1.807, 2.05) is 24.9 Å². The minimum absolute atomic E-state index is 0.0575. The Kier molecular flexibility index (Phi) is 8.32. The number of alkyl halides is 3. The van der Waals surface area contributed by atoms with E-state index in [0.717, 1.165) is 30.4 Å². The molecule has 1 fully saturated rings. The van der Waals surface area contributed by atoms with E-state index in [-0.39, 0.29) is 43.5 Å². The number of aliphatic hydroxyl groups is 1. The van der Waals surface area contributed by atoms with Gasteiger partial charge in [-0.05, 0) is 48.0 Å². The zero-order valence-corrected chi connectivity index (χ0v) is 24.7. The molecule has 0 unspecified atom stereocenters. The first-order chi connectivity index (χ1) is 21.1. The van der Waals surface area contributed by atoms with Crippen LogP contribution in [-0.2, 0) is 37.1 Å². The van der Waals surface area contributed by atoms with Gasteiger partial charge in [-0.3, -0.25) is 14.7 Å². The second-order valence-electron chi connectivity index (χ2n) is 11.8. The maximum Gasteiger partial charge on any atom is 0.416 e. The van der Waals surface area contributed by atoms with E-state index >= 15 is 0 Å². The van der Waals surface area contributed by atoms with Gasteiger partial charge in [-0.1, -0.05) is 19.1 Å². The van der Waals surface area contributed by atoms with Gasteiger partial charge in [-0.2, -0.15) is 13.2 Å². The predicted molar refractivity (Wildman–Crippen MR) is 158 cm³/mol. The van der Waals surface area contributed by atoms with Crippen molar-refractivity contribution in [2.75, 3.05) is 39.8 Å². The van der Waals surface area contributed by atoms with Crippen molar-refractivity contribution in [3.8, 4) is 11.5 Å². The van der Waals surface area contributed by atoms with Crippen LogP contribution in [0.4, 0.5) is 13.2 Å². The highest BCUT2D eigenvalue weighted by Gasteiger charge is 2.35. The van der Waals surface area contributed by atoms with Crippen molar-refractivity contribution in [2.24, 2.45) is 0 Å². The number of ether oxygens (including phenoxy) is 1. The van der Waals surface area contributed by atoms with Crippen LogP contribution < -0.4 is 4.74 Å². The number of carbonyl (C=O) groups is 1. The first-order valence-electron chi connectivity index (χ1n) is 14.7. The number of nitrogens with one attached hydrogen (secondary N) is 1. The lowest BCUT2D eigenvalue weighted by Gasteiger charge is -2.33. The first-order valence-corrected chi connectivity index (χ1v) is 14.7. The highest BCUT2D eigenvalue weighted by molar-refractivity contribution is 5.83. The first kappa shape index (κ1) is 30.0. The van der Waals surface area contributed by atoms with Crippen LogP contribution in [0.5, 0.6) is 11.5 Å². The summed E-state index contributed by atoms with van der Waals surface area (Å²) in [4.78, 5) is 31.2. The zero-order valence-electron chi connectivity index (χ0n) is 24.7. The van der Waals surface area contributed by atoms with Gasteiger partial charge in [-0.15, -0.1) is 0 Å². The Morgan fingerprint density at radius 2 is 1.91 bits per heavy atom. The number of fused-ring (bicyclic) bond motifs is 2. The molecule has 0 bridgehead atoms. The fourth-order valence-electron chi connectivity index (χ4n) is 6.03. The molecule has 2 N–H and O–H groups in total. The Bertz CT molecular complexity index is 1660. The number of nitrogens with zero attached hydrogens (tertiary/aromatic N) is 5. The van der Waals surface area contributed by atoms with Crippen LogP contribution in [-0.4, -0.2) is 80.4 Å². The van der Waals surface area contributed by atoms with Gasteiger partial charge < -0.3 is 24.6 Å². The molecule has 5 heterocycles. The van der Waals surface area contributed by atoms with Gasteiger partial charge in [0.25, 0.3) is 0 Å². The van der Waals surface area contributed by atoms with Crippen LogP contribution in [0.15, 0.2) is 48.8 Å². The van der Waals surface area contributed by atoms with Crippen molar-refractivity contribution >= 4 is 16.9 Å². The summed E-state index contributed by atoms with van der Waals surface area (Å²) in [5.74, 6) is 0.725. The van der Waals surface area contributed by atoms with Gasteiger partial charge in [-0.25, -0.2) is 4.98 Å². The quantitative estimate of drug-likeness (QED) is 0.314. The van der Waals surface area contributed by atoms with Gasteiger partial charge in [0.05, 0.1) is 35.9 Å². The van der Waals surface area contributed by atoms with Gasteiger partial charge in [0.15, 0.2) is 0 Å². The lowest BCUT2D eigenvalue weighted by atomic mass is 9.95. The number of hydrogen-bond acceptors (Lipinski definition) is 7. The Balaban J connectivity index is 1.17. The van der Waals surface area contributed by atoms with Crippen molar-refractivity contribution < 1.29 is 27.8 Å². The zero-order chi connectivity index (χ0) is 31.0. The van der Waals surface area contributed by atoms with E-state index in [9.17, 15) is 23.1 Å². The largest absolute Gasteiger partial charge is 0.455 e. The molecule has 2 aliphatic heterocycles. The minimum Gasteiger partial charge on any atom is -0.455 e. The summed E-state index contributed by atoms with van der Waals surface area (Å²) < 4.78 is 48.4. The molecule has 1 amide bonds. The topological polar surface area (TPSA) is 97.8 Å². The fraction of sp³-hybridized carbons (Fsp3) is 0.406. The molecular formula is C32H35F3N6O3. The molecule has 0 saturated carbocycles. The maximum atomic E-state index is 14.1. The van der Waals surface area contributed by atoms with E-state index < -0.39 is 11.7 Å². The second-order valence-corrected chi connectivity index (χ2v) is 11.8. The molecular weight excluding hydrogens is 573 g/mol. The Hall–Kier alpha value is -4.00. The summed E-state index contributed by atoms with van der Waals surface area (Å²) in [6, 6.07) is 9.65. The van der Waals surface area contributed by atoms with E-state index in [1.54, 1.807) is 35.5 Å². The number of amides is 1. The van der Waals surface area contributed by atoms with Gasteiger partial charge in [0, 0.05) is 63.6 Å². The predicted octanol–water partition coefficient (Wildman–Crippen LogP) is 4.70. The molecule has 1 aromatic carbocycles. The van der Waals surface area contributed by atoms with Crippen molar-refractivity contribution in [3.05, 3.63) is 82.4 Å². The molecule has 0 spiro atoms. The number of aromatic amines is 1. The van der Waals surface area contributed by atoms with Gasteiger partial charge in [0.2, 0.25) is 5.91 Å². The SMILES string of the molecule is C[C@@H]1CN(C(=O)Cc2ccc(CN3CCN(C)CC3)c(C(F)(F)F)c2)Cc2cc(Oc3ccnc4[nH]c(CO)cc34)cnc21. The summed E-state index contributed by atoms with van der Waals surface area (Å²) in [7, 11) is 2.01. The third kappa shape index (κ3) is 6.42. The number of aliphatic hydroxyl groups excluding tert-OH is 1. The van der Waals surface area contributed by atoms with Crippen LogP contribution in [0, 0.1) is 0 Å². The van der Waals surface area contributed by atoms with Crippen LogP contribution in [0.25, 0.3) is 11.0 Å². The summed E-state index contributed by atoms with van der Waals surface area (Å²) >= 11 is 0. The number of H-pyrrole nitrogens is 1. The molecule has 6 rings (SSSR count). The number of benzene rings is 1. The standard InChI is InChI=1S/C32H35F3N6O3/c1-20-16-41(18-23-13-25(15-37-30(20)23)44-28-5-6-36-31-26(28)14-24(19-42)38-31)29(43)12-21-3-4-22(27(11-21)32(33,34)35)17-40-9-7-39(2)8-10-40/h3-6,11,13-15,20,42H,7-10,12,16-19H2,1-2H3,(H,36,38)/t20-/m1/s1. The number of hydrogen-bond donors (Lipinski definition) is 2. The Labute approximate surface area is 253 Å². The van der Waals surface area contributed by atoms with E-state index in [1.165, 1.54) is 6.07 Å². The van der Waals surface area contributed by atoms with Crippen LogP contribution in [0.3, 0.4) is 0 Å². The molecule has 12 heteroatoms. The molecule has 3 aromatic heterocycles. The van der Waals surface area contributed by atoms with Gasteiger partial charge >= 0.3 is 6.18 Å². The van der Waals surface area contributed by atoms with Crippen molar-refractivity contribution in [2.45, 2.75) is 45.1 Å². The highest BCUT2D eigenvalue weighted by Crippen LogP contribution is 2.35. The number of halogens is 3.